The third-order valence-corrected chi connectivity index (χ3v) is 7.58. The van der Waals surface area contributed by atoms with Crippen LogP contribution < -0.4 is 43.1 Å². The predicted molar refractivity (Wildman–Crippen MR) is 143 cm³/mol. The van der Waals surface area contributed by atoms with E-state index in [1.165, 1.54) is 12.8 Å². The minimum atomic E-state index is -3.77. The number of pyridine rings is 2. The van der Waals surface area contributed by atoms with Gasteiger partial charge >= 0.3 is 15.2 Å². The first kappa shape index (κ1) is 39.7. The van der Waals surface area contributed by atoms with Gasteiger partial charge in [-0.25, -0.2) is 9.13 Å². The SMILES string of the molecule is O=P(O)(O)CCCCCCCC[n+]1ccccc1.O=P(O)(O)CCCCCCCC[n+]1ccccc1.[Br-].[Br-]. The molecule has 2 aromatic rings. The highest BCUT2D eigenvalue weighted by Crippen LogP contribution is 2.36. The van der Waals surface area contributed by atoms with Gasteiger partial charge in [0.05, 0.1) is 0 Å². The summed E-state index contributed by atoms with van der Waals surface area (Å²) < 4.78 is 25.6. The van der Waals surface area contributed by atoms with E-state index >= 15 is 0 Å². The normalized spacial score (nSPS) is 11.1. The molecule has 0 amide bonds. The summed E-state index contributed by atoms with van der Waals surface area (Å²) in [5.74, 6) is 0. The Bertz CT molecular complexity index is 812. The molecule has 0 bridgehead atoms. The van der Waals surface area contributed by atoms with Crippen molar-refractivity contribution in [1.29, 1.82) is 0 Å². The maximum atomic E-state index is 10.6. The summed E-state index contributed by atoms with van der Waals surface area (Å²) in [7, 11) is -7.54. The number of rotatable bonds is 18. The number of unbranched alkanes of at least 4 members (excludes halogenated alkanes) is 10. The Labute approximate surface area is 249 Å². The lowest BCUT2D eigenvalue weighted by Gasteiger charge is -2.03. The van der Waals surface area contributed by atoms with Gasteiger partial charge in [0.1, 0.15) is 13.1 Å². The molecule has 4 N–H and O–H groups in total. The van der Waals surface area contributed by atoms with E-state index in [-0.39, 0.29) is 46.3 Å². The smallest absolute Gasteiger partial charge is 0.325 e. The van der Waals surface area contributed by atoms with Crippen LogP contribution in [0.3, 0.4) is 0 Å². The van der Waals surface area contributed by atoms with Gasteiger partial charge in [0.15, 0.2) is 24.8 Å². The van der Waals surface area contributed by atoms with E-state index in [4.69, 9.17) is 19.6 Å². The van der Waals surface area contributed by atoms with Gasteiger partial charge in [-0.2, -0.15) is 0 Å². The van der Waals surface area contributed by atoms with Crippen molar-refractivity contribution in [2.24, 2.45) is 0 Å². The van der Waals surface area contributed by atoms with Crippen molar-refractivity contribution in [3.05, 3.63) is 61.2 Å². The maximum Gasteiger partial charge on any atom is 0.325 e. The second-order valence-electron chi connectivity index (χ2n) is 9.25. The average Bonchev–Trinajstić information content (AvgIpc) is 2.83. The van der Waals surface area contributed by atoms with Crippen molar-refractivity contribution in [3.8, 4) is 0 Å². The van der Waals surface area contributed by atoms with Gasteiger partial charge < -0.3 is 53.5 Å². The van der Waals surface area contributed by atoms with Crippen molar-refractivity contribution >= 4 is 15.2 Å². The molecule has 0 fully saturated rings. The number of hydrogen-bond acceptors (Lipinski definition) is 2. The largest absolute Gasteiger partial charge is 1.00 e. The molecule has 2 aromatic heterocycles. The fourth-order valence-electron chi connectivity index (χ4n) is 3.81. The molecule has 0 aliphatic carbocycles. The van der Waals surface area contributed by atoms with Crippen molar-refractivity contribution in [2.75, 3.05) is 12.3 Å². The van der Waals surface area contributed by atoms with Crippen molar-refractivity contribution < 1.29 is 71.8 Å². The van der Waals surface area contributed by atoms with E-state index < -0.39 is 15.2 Å². The highest BCUT2D eigenvalue weighted by molar-refractivity contribution is 7.52. The van der Waals surface area contributed by atoms with Crippen molar-refractivity contribution in [1.82, 2.24) is 0 Å². The van der Waals surface area contributed by atoms with E-state index in [9.17, 15) is 9.13 Å². The van der Waals surface area contributed by atoms with Crippen LogP contribution in [0.25, 0.3) is 0 Å². The Morgan fingerprint density at radius 2 is 0.684 bits per heavy atom. The molecule has 2 rings (SSSR count). The molecule has 12 heteroatoms. The van der Waals surface area contributed by atoms with Crippen molar-refractivity contribution in [2.45, 2.75) is 90.1 Å². The van der Waals surface area contributed by atoms with Gasteiger partial charge in [-0.05, 0) is 25.7 Å². The van der Waals surface area contributed by atoms with Crippen LogP contribution in [0.15, 0.2) is 61.2 Å². The molecule has 0 spiro atoms. The number of aryl methyl sites for hydroxylation is 2. The molecule has 0 aliphatic heterocycles. The summed E-state index contributed by atoms with van der Waals surface area (Å²) in [4.78, 5) is 34.8. The van der Waals surface area contributed by atoms with Gasteiger partial charge in [-0.1, -0.05) is 50.7 Å². The zero-order valence-electron chi connectivity index (χ0n) is 22.2. The number of nitrogens with zero attached hydrogens (tertiary/aromatic N) is 2. The van der Waals surface area contributed by atoms with Gasteiger partial charge in [0, 0.05) is 49.4 Å². The lowest BCUT2D eigenvalue weighted by Crippen LogP contribution is -3.00. The van der Waals surface area contributed by atoms with Crippen LogP contribution in [-0.4, -0.2) is 31.9 Å². The van der Waals surface area contributed by atoms with Crippen LogP contribution in [-0.2, 0) is 22.2 Å². The quantitative estimate of drug-likeness (QED) is 0.0898. The molecule has 8 nitrogen and oxygen atoms in total. The zero-order chi connectivity index (χ0) is 26.5. The molecule has 0 saturated carbocycles. The Hall–Kier alpha value is -0.440. The third-order valence-electron chi connectivity index (χ3n) is 5.79. The average molecular weight is 704 g/mol. The van der Waals surface area contributed by atoms with Gasteiger partial charge in [-0.3, -0.25) is 9.13 Å². The van der Waals surface area contributed by atoms with Crippen LogP contribution in [0.5, 0.6) is 0 Å². The molecular formula is C26H46Br2N2O6P2. The number of halogens is 2. The lowest BCUT2D eigenvalue weighted by atomic mass is 10.1. The molecule has 0 saturated heterocycles. The van der Waals surface area contributed by atoms with E-state index in [1.807, 2.05) is 36.4 Å². The second kappa shape index (κ2) is 24.4. The van der Waals surface area contributed by atoms with Gasteiger partial charge in [0.25, 0.3) is 0 Å². The summed E-state index contributed by atoms with van der Waals surface area (Å²) in [5, 5.41) is 0. The topological polar surface area (TPSA) is 123 Å². The monoisotopic (exact) mass is 702 g/mol. The van der Waals surface area contributed by atoms with Gasteiger partial charge in [0.2, 0.25) is 0 Å². The van der Waals surface area contributed by atoms with Crippen molar-refractivity contribution in [3.63, 3.8) is 0 Å². The lowest BCUT2D eigenvalue weighted by molar-refractivity contribution is -0.697. The van der Waals surface area contributed by atoms with Crippen LogP contribution in [0, 0.1) is 0 Å². The van der Waals surface area contributed by atoms with E-state index in [2.05, 4.69) is 33.9 Å². The first-order valence-electron chi connectivity index (χ1n) is 13.1. The maximum absolute atomic E-state index is 10.6. The standard InChI is InChI=1S/2C13H22NO3P.2BrH/c2*15-18(16,17)13-9-4-2-1-3-6-10-14-11-7-5-8-12-14;;/h2*5,7-8,11-12H,1-4,6,9-10,13H2,(H-,15,16,17);2*1H. The first-order chi connectivity index (χ1) is 17.2. The fourth-order valence-corrected chi connectivity index (χ4v) is 5.08. The fraction of sp³-hybridized carbons (Fsp3) is 0.615. The van der Waals surface area contributed by atoms with E-state index in [1.54, 1.807) is 0 Å². The number of hydrogen-bond donors (Lipinski definition) is 4. The molecule has 2 heterocycles. The summed E-state index contributed by atoms with van der Waals surface area (Å²) in [6, 6.07) is 12.1. The van der Waals surface area contributed by atoms with Crippen LogP contribution in [0.1, 0.15) is 77.0 Å². The molecule has 220 valence electrons. The highest BCUT2D eigenvalue weighted by atomic mass is 79.9. The molecular weight excluding hydrogens is 658 g/mol. The first-order valence-corrected chi connectivity index (χ1v) is 16.7. The Balaban J connectivity index is 0. The van der Waals surface area contributed by atoms with E-state index in [0.717, 1.165) is 64.5 Å². The van der Waals surface area contributed by atoms with Crippen LogP contribution in [0.4, 0.5) is 0 Å². The zero-order valence-corrected chi connectivity index (χ0v) is 27.2. The summed E-state index contributed by atoms with van der Waals surface area (Å²) >= 11 is 0. The Morgan fingerprint density at radius 1 is 0.421 bits per heavy atom. The predicted octanol–water partition coefficient (Wildman–Crippen LogP) is -1.01. The van der Waals surface area contributed by atoms with E-state index in [0.29, 0.717) is 12.8 Å². The molecule has 0 radical (unpaired) electrons. The Kier molecular flexibility index (Phi) is 25.5. The summed E-state index contributed by atoms with van der Waals surface area (Å²) in [5.41, 5.74) is 0. The molecule has 0 aliphatic rings. The van der Waals surface area contributed by atoms with Gasteiger partial charge in [-0.15, -0.1) is 0 Å². The van der Waals surface area contributed by atoms with Crippen LogP contribution in [0.2, 0.25) is 0 Å². The summed E-state index contributed by atoms with van der Waals surface area (Å²) in [6.07, 6.45) is 20.6. The molecule has 38 heavy (non-hydrogen) atoms. The summed E-state index contributed by atoms with van der Waals surface area (Å²) in [6.45, 7) is 2.09. The molecule has 0 atom stereocenters. The minimum Gasteiger partial charge on any atom is -1.00 e. The minimum absolute atomic E-state index is 0. The third kappa shape index (κ3) is 27.1. The number of aromatic nitrogens is 2. The van der Waals surface area contributed by atoms with Crippen LogP contribution >= 0.6 is 15.2 Å². The second-order valence-corrected chi connectivity index (χ2v) is 12.8. The highest BCUT2D eigenvalue weighted by Gasteiger charge is 2.11. The molecule has 0 unspecified atom stereocenters. The molecule has 0 aromatic carbocycles. The Morgan fingerprint density at radius 3 is 0.974 bits per heavy atom.